The minimum atomic E-state index is -0.255. The Kier molecular flexibility index (Phi) is 5.70. The first-order valence-corrected chi connectivity index (χ1v) is 9.30. The summed E-state index contributed by atoms with van der Waals surface area (Å²) in [6.45, 7) is 3.54. The molecule has 6 nitrogen and oxygen atoms in total. The Morgan fingerprint density at radius 2 is 1.96 bits per heavy atom. The number of quaternary nitrogens is 1. The molecule has 0 saturated carbocycles. The van der Waals surface area contributed by atoms with E-state index in [0.717, 1.165) is 26.2 Å². The van der Waals surface area contributed by atoms with Gasteiger partial charge in [0.05, 0.1) is 49.4 Å². The van der Waals surface area contributed by atoms with Crippen LogP contribution in [-0.4, -0.2) is 50.0 Å². The number of hydrogen-bond donors (Lipinski definition) is 3. The van der Waals surface area contributed by atoms with E-state index in [0.29, 0.717) is 21.2 Å². The Morgan fingerprint density at radius 1 is 1.20 bits per heavy atom. The second-order valence-electron chi connectivity index (χ2n) is 6.01. The topological polar surface area (TPSA) is 65.9 Å². The van der Waals surface area contributed by atoms with Gasteiger partial charge in [0.1, 0.15) is 0 Å². The molecule has 0 aliphatic carbocycles. The molecule has 0 atom stereocenters. The van der Waals surface area contributed by atoms with Gasteiger partial charge < -0.3 is 10.2 Å². The summed E-state index contributed by atoms with van der Waals surface area (Å²) in [5.41, 5.74) is 3.71. The Morgan fingerprint density at radius 3 is 2.64 bits per heavy atom. The molecule has 1 saturated heterocycles. The van der Waals surface area contributed by atoms with Crippen LogP contribution < -0.4 is 15.6 Å². The van der Waals surface area contributed by atoms with Crippen molar-refractivity contribution in [3.05, 3.63) is 51.2 Å². The number of nitrogens with one attached hydrogen (secondary N) is 3. The molecule has 132 valence electrons. The lowest BCUT2D eigenvalue weighted by atomic mass is 10.1. The number of hydrazine groups is 1. The zero-order valence-corrected chi connectivity index (χ0v) is 15.4. The van der Waals surface area contributed by atoms with Gasteiger partial charge in [-0.1, -0.05) is 17.7 Å². The van der Waals surface area contributed by atoms with Crippen molar-refractivity contribution in [3.63, 3.8) is 0 Å². The summed E-state index contributed by atoms with van der Waals surface area (Å²) in [6.07, 6.45) is 0. The van der Waals surface area contributed by atoms with Crippen molar-refractivity contribution in [2.75, 3.05) is 38.5 Å². The second-order valence-corrected chi connectivity index (χ2v) is 7.39. The second kappa shape index (κ2) is 7.97. The first kappa shape index (κ1) is 17.9. The molecular weight excluding hydrogens is 360 g/mol. The molecule has 8 heteroatoms. The highest BCUT2D eigenvalue weighted by atomic mass is 35.5. The first-order valence-electron chi connectivity index (χ1n) is 8.04. The third-order valence-electron chi connectivity index (χ3n) is 4.10. The quantitative estimate of drug-likeness (QED) is 0.746. The molecule has 2 amide bonds. The van der Waals surface area contributed by atoms with Crippen LogP contribution in [0.2, 0.25) is 5.02 Å². The monoisotopic (exact) mass is 379 g/mol. The van der Waals surface area contributed by atoms with Gasteiger partial charge in [0.15, 0.2) is 0 Å². The van der Waals surface area contributed by atoms with Gasteiger partial charge in [-0.3, -0.25) is 15.0 Å². The van der Waals surface area contributed by atoms with Crippen LogP contribution in [0, 0.1) is 0 Å². The van der Waals surface area contributed by atoms with E-state index in [9.17, 15) is 9.59 Å². The van der Waals surface area contributed by atoms with Crippen LogP contribution in [0.25, 0.3) is 0 Å². The largest absolute Gasteiger partial charge is 0.335 e. The van der Waals surface area contributed by atoms with Crippen LogP contribution in [0.1, 0.15) is 20.0 Å². The van der Waals surface area contributed by atoms with Gasteiger partial charge in [0.25, 0.3) is 11.8 Å². The number of rotatable bonds is 4. The smallest absolute Gasteiger partial charge is 0.267 e. The van der Waals surface area contributed by atoms with Gasteiger partial charge in [-0.25, -0.2) is 5.01 Å². The molecule has 1 fully saturated rings. The average molecular weight is 380 g/mol. The van der Waals surface area contributed by atoms with Crippen molar-refractivity contribution >= 4 is 40.4 Å². The highest BCUT2D eigenvalue weighted by Crippen LogP contribution is 2.22. The predicted octanol–water partition coefficient (Wildman–Crippen LogP) is 1.13. The number of carbonyl (C=O) groups excluding carboxylic acids is 2. The van der Waals surface area contributed by atoms with Gasteiger partial charge in [-0.05, 0) is 29.6 Å². The molecule has 25 heavy (non-hydrogen) atoms. The summed E-state index contributed by atoms with van der Waals surface area (Å²) < 4.78 is 0. The molecule has 2 heterocycles. The van der Waals surface area contributed by atoms with Crippen molar-refractivity contribution in [1.29, 1.82) is 0 Å². The molecule has 0 radical (unpaired) electrons. The fourth-order valence-corrected chi connectivity index (χ4v) is 3.40. The summed E-state index contributed by atoms with van der Waals surface area (Å²) in [4.78, 5) is 27.0. The number of anilines is 1. The highest BCUT2D eigenvalue weighted by molar-refractivity contribution is 7.12. The summed E-state index contributed by atoms with van der Waals surface area (Å²) in [6, 6.07) is 8.40. The number of carbonyl (C=O) groups is 2. The number of benzene rings is 1. The molecule has 2 aromatic rings. The van der Waals surface area contributed by atoms with Crippen molar-refractivity contribution in [2.24, 2.45) is 0 Å². The molecule has 1 aromatic heterocycles. The Labute approximate surface area is 155 Å². The maximum Gasteiger partial charge on any atom is 0.267 e. The molecule has 0 unspecified atom stereocenters. The lowest BCUT2D eigenvalue weighted by Crippen LogP contribution is -3.12. The summed E-state index contributed by atoms with van der Waals surface area (Å²) in [5.74, 6) is -0.507. The summed E-state index contributed by atoms with van der Waals surface area (Å²) in [5, 5.41) is 6.98. The minimum absolute atomic E-state index is 0.252. The third kappa shape index (κ3) is 4.58. The molecule has 3 N–H and O–H groups in total. The van der Waals surface area contributed by atoms with Crippen LogP contribution in [0.3, 0.4) is 0 Å². The van der Waals surface area contributed by atoms with Crippen molar-refractivity contribution < 1.29 is 14.5 Å². The van der Waals surface area contributed by atoms with Gasteiger partial charge in [-0.15, -0.1) is 11.3 Å². The molecule has 0 bridgehead atoms. The van der Waals surface area contributed by atoms with Gasteiger partial charge >= 0.3 is 0 Å². The van der Waals surface area contributed by atoms with Crippen LogP contribution in [0.5, 0.6) is 0 Å². The molecule has 3 rings (SSSR count). The Hall–Kier alpha value is -1.93. The number of hydrogen-bond acceptors (Lipinski definition) is 4. The molecule has 1 aliphatic rings. The van der Waals surface area contributed by atoms with Crippen LogP contribution in [0.4, 0.5) is 5.69 Å². The van der Waals surface area contributed by atoms with Crippen LogP contribution >= 0.6 is 22.9 Å². The van der Waals surface area contributed by atoms with E-state index in [-0.39, 0.29) is 11.8 Å². The number of likely N-dealkylation sites (N-methyl/N-ethyl adjacent to an activating group) is 1. The maximum atomic E-state index is 12.6. The van der Waals surface area contributed by atoms with E-state index in [1.165, 1.54) is 16.2 Å². The molecule has 1 aromatic carbocycles. The fraction of sp³-hybridized carbons (Fsp3) is 0.294. The standard InChI is InChI=1S/C17H19ClN4O2S/c1-21-6-8-22(9-7-21)20-16(23)13-5-4-12(18)11-14(13)19-17(24)15-3-2-10-25-15/h2-5,10-11H,6-9H2,1H3,(H,19,24)(H,20,23)/p+1. The Bertz CT molecular complexity index is 758. The van der Waals surface area contributed by atoms with E-state index < -0.39 is 0 Å². The average Bonchev–Trinajstić information content (AvgIpc) is 3.11. The normalized spacial score (nSPS) is 15.8. The van der Waals surface area contributed by atoms with Crippen LogP contribution in [-0.2, 0) is 0 Å². The number of thiophene rings is 1. The molecule has 0 spiro atoms. The third-order valence-corrected chi connectivity index (χ3v) is 5.20. The predicted molar refractivity (Wildman–Crippen MR) is 99.4 cm³/mol. The van der Waals surface area contributed by atoms with E-state index in [1.54, 1.807) is 30.3 Å². The zero-order chi connectivity index (χ0) is 17.8. The molecular formula is C17H20ClN4O2S+. The number of halogens is 1. The van der Waals surface area contributed by atoms with E-state index in [2.05, 4.69) is 17.8 Å². The number of nitrogens with zero attached hydrogens (tertiary/aromatic N) is 1. The lowest BCUT2D eigenvalue weighted by molar-refractivity contribution is -0.884. The first-order chi connectivity index (χ1) is 12.0. The highest BCUT2D eigenvalue weighted by Gasteiger charge is 2.21. The SMILES string of the molecule is C[NH+]1CCN(NC(=O)c2ccc(Cl)cc2NC(=O)c2cccs2)CC1. The van der Waals surface area contributed by atoms with E-state index in [4.69, 9.17) is 11.6 Å². The van der Waals surface area contributed by atoms with Gasteiger partial charge in [0, 0.05) is 5.02 Å². The van der Waals surface area contributed by atoms with Gasteiger partial charge in [0.2, 0.25) is 0 Å². The minimum Gasteiger partial charge on any atom is -0.335 e. The number of piperazine rings is 1. The fourth-order valence-electron chi connectivity index (χ4n) is 2.61. The van der Waals surface area contributed by atoms with E-state index >= 15 is 0 Å². The summed E-state index contributed by atoms with van der Waals surface area (Å²) in [7, 11) is 2.14. The van der Waals surface area contributed by atoms with E-state index in [1.807, 2.05) is 10.4 Å². The van der Waals surface area contributed by atoms with Crippen molar-refractivity contribution in [3.8, 4) is 0 Å². The zero-order valence-electron chi connectivity index (χ0n) is 13.8. The molecule has 1 aliphatic heterocycles. The van der Waals surface area contributed by atoms with Gasteiger partial charge in [-0.2, -0.15) is 0 Å². The van der Waals surface area contributed by atoms with Crippen molar-refractivity contribution in [1.82, 2.24) is 10.4 Å². The van der Waals surface area contributed by atoms with Crippen molar-refractivity contribution in [2.45, 2.75) is 0 Å². The maximum absolute atomic E-state index is 12.6. The number of amides is 2. The lowest BCUT2D eigenvalue weighted by Gasteiger charge is -2.30. The summed E-state index contributed by atoms with van der Waals surface area (Å²) >= 11 is 7.39. The Balaban J connectivity index is 1.74. The van der Waals surface area contributed by atoms with Crippen LogP contribution in [0.15, 0.2) is 35.7 Å².